The summed E-state index contributed by atoms with van der Waals surface area (Å²) in [5, 5.41) is 0. The SMILES string of the molecule is COc1ccc(C(=O)c2cnc3c(ccn3S(=O)(=O)c3ccc(C)cc3)n2)cc1. The molecular weight excluding hydrogens is 390 g/mol. The predicted molar refractivity (Wildman–Crippen MR) is 108 cm³/mol. The Morgan fingerprint density at radius 3 is 2.34 bits per heavy atom. The lowest BCUT2D eigenvalue weighted by Gasteiger charge is -2.07. The van der Waals surface area contributed by atoms with E-state index in [-0.39, 0.29) is 22.0 Å². The highest BCUT2D eigenvalue weighted by molar-refractivity contribution is 7.90. The number of hydrogen-bond donors (Lipinski definition) is 0. The molecule has 146 valence electrons. The van der Waals surface area contributed by atoms with E-state index < -0.39 is 10.0 Å². The van der Waals surface area contributed by atoms with Crippen LogP contribution in [-0.4, -0.2) is 35.3 Å². The summed E-state index contributed by atoms with van der Waals surface area (Å²) < 4.78 is 32.0. The first-order valence-corrected chi connectivity index (χ1v) is 10.2. The van der Waals surface area contributed by atoms with Crippen molar-refractivity contribution in [3.63, 3.8) is 0 Å². The van der Waals surface area contributed by atoms with Crippen LogP contribution in [0.1, 0.15) is 21.6 Å². The summed E-state index contributed by atoms with van der Waals surface area (Å²) in [6.07, 6.45) is 2.68. The van der Waals surface area contributed by atoms with Gasteiger partial charge in [0.15, 0.2) is 5.65 Å². The second-order valence-corrected chi connectivity index (χ2v) is 8.27. The third kappa shape index (κ3) is 3.38. The zero-order valence-electron chi connectivity index (χ0n) is 15.7. The van der Waals surface area contributed by atoms with E-state index in [4.69, 9.17) is 4.74 Å². The highest BCUT2D eigenvalue weighted by Crippen LogP contribution is 2.21. The Labute approximate surface area is 167 Å². The van der Waals surface area contributed by atoms with E-state index in [1.165, 1.54) is 18.5 Å². The van der Waals surface area contributed by atoms with E-state index in [2.05, 4.69) is 9.97 Å². The first-order valence-electron chi connectivity index (χ1n) is 8.75. The summed E-state index contributed by atoms with van der Waals surface area (Å²) in [4.78, 5) is 21.3. The number of hydrogen-bond acceptors (Lipinski definition) is 6. The van der Waals surface area contributed by atoms with Gasteiger partial charge in [-0.3, -0.25) is 4.79 Å². The molecular formula is C21H17N3O4S. The molecule has 0 saturated heterocycles. The molecule has 29 heavy (non-hydrogen) atoms. The van der Waals surface area contributed by atoms with E-state index in [9.17, 15) is 13.2 Å². The second-order valence-electron chi connectivity index (χ2n) is 6.45. The van der Waals surface area contributed by atoms with Gasteiger partial charge in [0.1, 0.15) is 17.0 Å². The minimum absolute atomic E-state index is 0.133. The van der Waals surface area contributed by atoms with Gasteiger partial charge in [-0.15, -0.1) is 0 Å². The topological polar surface area (TPSA) is 91.1 Å². The van der Waals surface area contributed by atoms with Gasteiger partial charge in [0.05, 0.1) is 18.2 Å². The normalized spacial score (nSPS) is 11.5. The molecule has 2 heterocycles. The standard InChI is InChI=1S/C21H17N3O4S/c1-14-3-9-17(10-4-14)29(26,27)24-12-11-18-21(24)22-13-19(23-18)20(25)15-5-7-16(28-2)8-6-15/h3-13H,1-2H3. The molecule has 0 radical (unpaired) electrons. The molecule has 2 aromatic carbocycles. The quantitative estimate of drug-likeness (QED) is 0.472. The Morgan fingerprint density at radius 1 is 1.00 bits per heavy atom. The number of rotatable bonds is 5. The Kier molecular flexibility index (Phi) is 4.63. The van der Waals surface area contributed by atoms with Crippen LogP contribution in [0.25, 0.3) is 11.2 Å². The molecule has 0 aliphatic heterocycles. The van der Waals surface area contributed by atoms with Gasteiger partial charge < -0.3 is 4.74 Å². The zero-order valence-corrected chi connectivity index (χ0v) is 16.6. The maximum atomic E-state index is 12.9. The number of aromatic nitrogens is 3. The molecule has 0 N–H and O–H groups in total. The van der Waals surface area contributed by atoms with Gasteiger partial charge in [0.25, 0.3) is 10.0 Å². The van der Waals surface area contributed by atoms with Crippen molar-refractivity contribution in [2.75, 3.05) is 7.11 Å². The van der Waals surface area contributed by atoms with Gasteiger partial charge in [0, 0.05) is 11.8 Å². The summed E-state index contributed by atoms with van der Waals surface area (Å²) in [6.45, 7) is 1.88. The predicted octanol–water partition coefficient (Wildman–Crippen LogP) is 3.22. The van der Waals surface area contributed by atoms with E-state index in [1.807, 2.05) is 6.92 Å². The maximum absolute atomic E-state index is 12.9. The van der Waals surface area contributed by atoms with E-state index in [1.54, 1.807) is 55.6 Å². The van der Waals surface area contributed by atoms with Crippen molar-refractivity contribution in [2.45, 2.75) is 11.8 Å². The molecule has 0 spiro atoms. The zero-order chi connectivity index (χ0) is 20.6. The maximum Gasteiger partial charge on any atom is 0.269 e. The fourth-order valence-electron chi connectivity index (χ4n) is 2.90. The van der Waals surface area contributed by atoms with E-state index in [0.29, 0.717) is 16.8 Å². The van der Waals surface area contributed by atoms with E-state index in [0.717, 1.165) is 9.54 Å². The van der Waals surface area contributed by atoms with Crippen molar-refractivity contribution in [3.05, 3.63) is 83.8 Å². The Balaban J connectivity index is 1.72. The molecule has 0 bridgehead atoms. The van der Waals surface area contributed by atoms with Crippen molar-refractivity contribution in [2.24, 2.45) is 0 Å². The minimum atomic E-state index is -3.82. The molecule has 0 aliphatic carbocycles. The van der Waals surface area contributed by atoms with Crippen molar-refractivity contribution in [3.8, 4) is 5.75 Å². The number of fused-ring (bicyclic) bond motifs is 1. The Hall–Kier alpha value is -3.52. The average Bonchev–Trinajstić information content (AvgIpc) is 3.17. The molecule has 0 fully saturated rings. The lowest BCUT2D eigenvalue weighted by atomic mass is 10.1. The van der Waals surface area contributed by atoms with Gasteiger partial charge in [-0.25, -0.2) is 22.4 Å². The largest absolute Gasteiger partial charge is 0.497 e. The van der Waals surface area contributed by atoms with Crippen LogP contribution in [0.2, 0.25) is 0 Å². The number of benzene rings is 2. The summed E-state index contributed by atoms with van der Waals surface area (Å²) >= 11 is 0. The average molecular weight is 407 g/mol. The third-order valence-electron chi connectivity index (χ3n) is 4.52. The lowest BCUT2D eigenvalue weighted by Crippen LogP contribution is -2.13. The number of ether oxygens (including phenoxy) is 1. The lowest BCUT2D eigenvalue weighted by molar-refractivity contribution is 0.103. The van der Waals surface area contributed by atoms with Crippen LogP contribution < -0.4 is 4.74 Å². The smallest absolute Gasteiger partial charge is 0.269 e. The molecule has 0 atom stereocenters. The summed E-state index contributed by atoms with van der Waals surface area (Å²) in [5.41, 5.74) is 2.01. The highest BCUT2D eigenvalue weighted by Gasteiger charge is 2.21. The molecule has 8 heteroatoms. The Bertz CT molecular complexity index is 1310. The van der Waals surface area contributed by atoms with Crippen LogP contribution in [0.3, 0.4) is 0 Å². The molecule has 0 amide bonds. The van der Waals surface area contributed by atoms with Crippen molar-refractivity contribution < 1.29 is 17.9 Å². The summed E-state index contributed by atoms with van der Waals surface area (Å²) in [5.74, 6) is 0.331. The van der Waals surface area contributed by atoms with Crippen LogP contribution in [0.4, 0.5) is 0 Å². The van der Waals surface area contributed by atoms with Crippen molar-refractivity contribution in [1.82, 2.24) is 13.9 Å². The number of carbonyl (C=O) groups is 1. The monoisotopic (exact) mass is 407 g/mol. The van der Waals surface area contributed by atoms with Gasteiger partial charge >= 0.3 is 0 Å². The molecule has 0 unspecified atom stereocenters. The molecule has 0 saturated carbocycles. The highest BCUT2D eigenvalue weighted by atomic mass is 32.2. The number of methoxy groups -OCH3 is 1. The number of carbonyl (C=O) groups excluding carboxylic acids is 1. The summed E-state index contributed by atoms with van der Waals surface area (Å²) in [7, 11) is -2.27. The van der Waals surface area contributed by atoms with Gasteiger partial charge in [-0.1, -0.05) is 17.7 Å². The molecule has 0 aliphatic rings. The first kappa shape index (κ1) is 18.8. The Morgan fingerprint density at radius 2 is 1.69 bits per heavy atom. The molecule has 7 nitrogen and oxygen atoms in total. The fraction of sp³-hybridized carbons (Fsp3) is 0.0952. The van der Waals surface area contributed by atoms with Crippen LogP contribution in [-0.2, 0) is 10.0 Å². The second kappa shape index (κ2) is 7.14. The number of aryl methyl sites for hydroxylation is 1. The van der Waals surface area contributed by atoms with Crippen LogP contribution in [0.5, 0.6) is 5.75 Å². The van der Waals surface area contributed by atoms with Crippen LogP contribution in [0.15, 0.2) is 71.9 Å². The van der Waals surface area contributed by atoms with Crippen molar-refractivity contribution in [1.29, 1.82) is 0 Å². The number of nitrogens with zero attached hydrogens (tertiary/aromatic N) is 3. The van der Waals surface area contributed by atoms with Gasteiger partial charge in [-0.05, 0) is 49.4 Å². The number of ketones is 1. The van der Waals surface area contributed by atoms with Gasteiger partial charge in [-0.2, -0.15) is 0 Å². The molecule has 4 aromatic rings. The van der Waals surface area contributed by atoms with Crippen LogP contribution in [0, 0.1) is 6.92 Å². The molecule has 2 aromatic heterocycles. The first-order chi connectivity index (χ1) is 13.9. The van der Waals surface area contributed by atoms with E-state index >= 15 is 0 Å². The minimum Gasteiger partial charge on any atom is -0.497 e. The van der Waals surface area contributed by atoms with Gasteiger partial charge in [0.2, 0.25) is 5.78 Å². The molecule has 4 rings (SSSR count). The van der Waals surface area contributed by atoms with Crippen molar-refractivity contribution >= 4 is 27.0 Å². The fourth-order valence-corrected chi connectivity index (χ4v) is 4.20. The third-order valence-corrected chi connectivity index (χ3v) is 6.20. The summed E-state index contributed by atoms with van der Waals surface area (Å²) in [6, 6.07) is 14.7. The van der Waals surface area contributed by atoms with Crippen LogP contribution >= 0.6 is 0 Å².